The molecule has 0 saturated heterocycles. The summed E-state index contributed by atoms with van der Waals surface area (Å²) in [5.74, 6) is -0.908. The number of hydrogen-bond donors (Lipinski definition) is 2. The van der Waals surface area contributed by atoms with Crippen LogP contribution in [0.3, 0.4) is 0 Å². The zero-order chi connectivity index (χ0) is 15.7. The molecule has 116 valence electrons. The van der Waals surface area contributed by atoms with Crippen LogP contribution >= 0.6 is 11.6 Å². The van der Waals surface area contributed by atoms with Crippen LogP contribution in [-0.4, -0.2) is 30.5 Å². The Labute approximate surface area is 128 Å². The minimum absolute atomic E-state index is 0.0162. The number of carbonyl (C=O) groups is 2. The summed E-state index contributed by atoms with van der Waals surface area (Å²) in [5, 5.41) is 0. The van der Waals surface area contributed by atoms with E-state index in [4.69, 9.17) is 32.5 Å². The summed E-state index contributed by atoms with van der Waals surface area (Å²) < 4.78 is 9.82. The first-order chi connectivity index (χ1) is 10.0. The van der Waals surface area contributed by atoms with Crippen molar-refractivity contribution in [3.8, 4) is 0 Å². The van der Waals surface area contributed by atoms with Crippen LogP contribution in [0.5, 0.6) is 0 Å². The third kappa shape index (κ3) is 6.57. The predicted molar refractivity (Wildman–Crippen MR) is 78.4 cm³/mol. The molecule has 7 heteroatoms. The molecular formula is C14H19ClN2O4. The fraction of sp³-hybridized carbons (Fsp3) is 0.429. The van der Waals surface area contributed by atoms with E-state index in [1.54, 1.807) is 24.3 Å². The van der Waals surface area contributed by atoms with Crippen molar-refractivity contribution >= 4 is 23.5 Å². The van der Waals surface area contributed by atoms with Gasteiger partial charge in [-0.05, 0) is 6.42 Å². The summed E-state index contributed by atoms with van der Waals surface area (Å²) in [5.41, 5.74) is 12.0. The second-order valence-electron chi connectivity index (χ2n) is 4.32. The van der Waals surface area contributed by atoms with Gasteiger partial charge in [0.05, 0.1) is 5.88 Å². The number of alkyl halides is 1. The molecule has 2 atom stereocenters. The van der Waals surface area contributed by atoms with Gasteiger partial charge < -0.3 is 15.2 Å². The molecule has 1 aromatic carbocycles. The standard InChI is InChI=1S/C14H19ClN2O4/c15-8-9-20-14(19)11(16)6-7-12(18)21-13(17)10-4-2-1-3-5-10/h1-5,11,13H,6-9,16-17H2/t11-,13?/m0/s1. The first-order valence-corrected chi connectivity index (χ1v) is 7.06. The number of halogens is 1. The second kappa shape index (κ2) is 9.33. The highest BCUT2D eigenvalue weighted by molar-refractivity contribution is 6.18. The lowest BCUT2D eigenvalue weighted by Gasteiger charge is -2.14. The predicted octanol–water partition coefficient (Wildman–Crippen LogP) is 1.08. The molecule has 0 amide bonds. The molecule has 0 saturated carbocycles. The van der Waals surface area contributed by atoms with Crippen LogP contribution < -0.4 is 11.5 Å². The van der Waals surface area contributed by atoms with Gasteiger partial charge >= 0.3 is 11.9 Å². The zero-order valence-corrected chi connectivity index (χ0v) is 12.3. The molecule has 1 unspecified atom stereocenters. The lowest BCUT2D eigenvalue weighted by molar-refractivity contribution is -0.150. The Morgan fingerprint density at radius 3 is 2.48 bits per heavy atom. The highest BCUT2D eigenvalue weighted by Crippen LogP contribution is 2.12. The summed E-state index contributed by atoms with van der Waals surface area (Å²) in [7, 11) is 0. The molecule has 0 aromatic heterocycles. The van der Waals surface area contributed by atoms with E-state index in [-0.39, 0.29) is 25.3 Å². The van der Waals surface area contributed by atoms with Crippen molar-refractivity contribution in [1.29, 1.82) is 0 Å². The summed E-state index contributed by atoms with van der Waals surface area (Å²) in [4.78, 5) is 23.0. The first kappa shape index (κ1) is 17.4. The molecule has 0 aliphatic carbocycles. The first-order valence-electron chi connectivity index (χ1n) is 6.52. The van der Waals surface area contributed by atoms with Gasteiger partial charge in [-0.3, -0.25) is 15.3 Å². The smallest absolute Gasteiger partial charge is 0.322 e. The molecule has 4 N–H and O–H groups in total. The number of ether oxygens (including phenoxy) is 2. The SMILES string of the molecule is NC(OC(=O)CC[C@H](N)C(=O)OCCCl)c1ccccc1. The fourth-order valence-electron chi connectivity index (χ4n) is 1.55. The lowest BCUT2D eigenvalue weighted by atomic mass is 10.1. The van der Waals surface area contributed by atoms with Gasteiger partial charge in [-0.25, -0.2) is 0 Å². The molecule has 0 radical (unpaired) electrons. The molecule has 0 spiro atoms. The molecule has 0 fully saturated rings. The number of nitrogens with two attached hydrogens (primary N) is 2. The number of carbonyl (C=O) groups excluding carboxylic acids is 2. The number of hydrogen-bond acceptors (Lipinski definition) is 6. The third-order valence-corrected chi connectivity index (χ3v) is 2.82. The summed E-state index contributed by atoms with van der Waals surface area (Å²) in [6, 6.07) is 8.07. The Kier molecular flexibility index (Phi) is 7.74. The Morgan fingerprint density at radius 2 is 1.86 bits per heavy atom. The summed E-state index contributed by atoms with van der Waals surface area (Å²) >= 11 is 5.39. The van der Waals surface area contributed by atoms with Gasteiger partial charge in [0.2, 0.25) is 0 Å². The van der Waals surface area contributed by atoms with E-state index in [0.29, 0.717) is 5.56 Å². The van der Waals surface area contributed by atoms with Gasteiger partial charge in [-0.1, -0.05) is 30.3 Å². The summed E-state index contributed by atoms with van der Waals surface area (Å²) in [6.45, 7) is 0.0947. The highest BCUT2D eigenvalue weighted by Gasteiger charge is 2.18. The van der Waals surface area contributed by atoms with Crippen LogP contribution in [0.25, 0.3) is 0 Å². The Bertz CT molecular complexity index is 456. The minimum Gasteiger partial charge on any atom is -0.463 e. The van der Waals surface area contributed by atoms with E-state index in [9.17, 15) is 9.59 Å². The van der Waals surface area contributed by atoms with Gasteiger partial charge in [0.1, 0.15) is 12.6 Å². The van der Waals surface area contributed by atoms with E-state index in [1.165, 1.54) is 0 Å². The molecule has 0 aliphatic heterocycles. The quantitative estimate of drug-likeness (QED) is 0.422. The van der Waals surface area contributed by atoms with Crippen LogP contribution in [0, 0.1) is 0 Å². The van der Waals surface area contributed by atoms with Gasteiger partial charge in [-0.15, -0.1) is 11.6 Å². The average Bonchev–Trinajstić information content (AvgIpc) is 2.50. The number of benzene rings is 1. The van der Waals surface area contributed by atoms with Gasteiger partial charge in [0, 0.05) is 12.0 Å². The van der Waals surface area contributed by atoms with E-state index in [1.807, 2.05) is 6.07 Å². The van der Waals surface area contributed by atoms with Crippen LogP contribution in [-0.2, 0) is 19.1 Å². The van der Waals surface area contributed by atoms with E-state index in [2.05, 4.69) is 0 Å². The summed E-state index contributed by atoms with van der Waals surface area (Å²) in [6.07, 6.45) is -0.725. The highest BCUT2D eigenvalue weighted by atomic mass is 35.5. The van der Waals surface area contributed by atoms with Crippen molar-refractivity contribution in [3.05, 3.63) is 35.9 Å². The topological polar surface area (TPSA) is 105 Å². The van der Waals surface area contributed by atoms with Gasteiger partial charge in [0.15, 0.2) is 6.23 Å². The van der Waals surface area contributed by atoms with Crippen molar-refractivity contribution in [1.82, 2.24) is 0 Å². The van der Waals surface area contributed by atoms with Crippen molar-refractivity contribution < 1.29 is 19.1 Å². The molecule has 1 aromatic rings. The van der Waals surface area contributed by atoms with Crippen molar-refractivity contribution in [2.75, 3.05) is 12.5 Å². The molecule has 0 heterocycles. The Hall–Kier alpha value is -1.63. The molecule has 0 bridgehead atoms. The lowest BCUT2D eigenvalue weighted by Crippen LogP contribution is -2.33. The molecule has 6 nitrogen and oxygen atoms in total. The van der Waals surface area contributed by atoms with E-state index < -0.39 is 24.2 Å². The van der Waals surface area contributed by atoms with E-state index >= 15 is 0 Å². The number of rotatable bonds is 8. The molecule has 0 aliphatic rings. The van der Waals surface area contributed by atoms with Gasteiger partial charge in [-0.2, -0.15) is 0 Å². The molecule has 1 rings (SSSR count). The van der Waals surface area contributed by atoms with Crippen molar-refractivity contribution in [2.45, 2.75) is 25.1 Å². The maximum absolute atomic E-state index is 11.6. The van der Waals surface area contributed by atoms with Crippen LogP contribution in [0.2, 0.25) is 0 Å². The van der Waals surface area contributed by atoms with Crippen LogP contribution in [0.15, 0.2) is 30.3 Å². The van der Waals surface area contributed by atoms with Gasteiger partial charge in [0.25, 0.3) is 0 Å². The average molecular weight is 315 g/mol. The third-order valence-electron chi connectivity index (χ3n) is 2.67. The largest absolute Gasteiger partial charge is 0.463 e. The normalized spacial score (nSPS) is 13.3. The van der Waals surface area contributed by atoms with E-state index in [0.717, 1.165) is 0 Å². The van der Waals surface area contributed by atoms with Crippen LogP contribution in [0.1, 0.15) is 24.6 Å². The molecular weight excluding hydrogens is 296 g/mol. The van der Waals surface area contributed by atoms with Crippen molar-refractivity contribution in [3.63, 3.8) is 0 Å². The maximum atomic E-state index is 11.6. The fourth-order valence-corrected chi connectivity index (χ4v) is 1.63. The number of esters is 2. The molecule has 21 heavy (non-hydrogen) atoms. The van der Waals surface area contributed by atoms with Crippen molar-refractivity contribution in [2.24, 2.45) is 11.5 Å². The Morgan fingerprint density at radius 1 is 1.19 bits per heavy atom. The monoisotopic (exact) mass is 314 g/mol. The zero-order valence-electron chi connectivity index (χ0n) is 11.5. The Balaban J connectivity index is 2.32. The van der Waals surface area contributed by atoms with Crippen LogP contribution in [0.4, 0.5) is 0 Å². The minimum atomic E-state index is -0.881. The maximum Gasteiger partial charge on any atom is 0.322 e. The second-order valence-corrected chi connectivity index (χ2v) is 4.70.